The molecule has 0 atom stereocenters. The molecule has 0 aromatic carbocycles. The van der Waals surface area contributed by atoms with E-state index in [4.69, 9.17) is 0 Å². The zero-order chi connectivity index (χ0) is 6.69. The fraction of sp³-hybridized carbons (Fsp3) is 0.286. The van der Waals surface area contributed by atoms with Gasteiger partial charge in [0, 0.05) is 32.2 Å². The number of quaternary nitrogens is 1. The molecule has 0 aliphatic carbocycles. The van der Waals surface area contributed by atoms with E-state index in [0.29, 0.717) is 0 Å². The van der Waals surface area contributed by atoms with Gasteiger partial charge in [-0.3, -0.25) is 4.98 Å². The number of rotatable bonds is 1. The number of pyridine rings is 1. The van der Waals surface area contributed by atoms with Gasteiger partial charge in [-0.05, 0) is 12.1 Å². The first-order chi connectivity index (χ1) is 4.30. The molecule has 1 rings (SSSR count). The Morgan fingerprint density at radius 2 is 1.64 bits per heavy atom. The van der Waals surface area contributed by atoms with Gasteiger partial charge in [0.2, 0.25) is 0 Å². The summed E-state index contributed by atoms with van der Waals surface area (Å²) >= 11 is 0. The zero-order valence-corrected chi connectivity index (χ0v) is 7.15. The van der Waals surface area contributed by atoms with Gasteiger partial charge < -0.3 is 16.5 Å². The molecule has 11 heavy (non-hydrogen) atoms. The number of aromatic nitrogens is 1. The van der Waals surface area contributed by atoms with E-state index in [2.05, 4.69) is 4.98 Å². The number of hydrogen-bond donors (Lipinski definition) is 1. The molecule has 1 aromatic heterocycles. The van der Waals surface area contributed by atoms with Crippen LogP contribution in [0.5, 0.6) is 0 Å². The van der Waals surface area contributed by atoms with Crippen LogP contribution >= 0.6 is 0 Å². The second-order valence-electron chi connectivity index (χ2n) is 2.10. The van der Waals surface area contributed by atoms with E-state index in [0.717, 1.165) is 0 Å². The Morgan fingerprint density at radius 3 is 1.91 bits per heavy atom. The van der Waals surface area contributed by atoms with Gasteiger partial charge in [0.05, 0.1) is 0 Å². The Balaban J connectivity index is 0. The van der Waals surface area contributed by atoms with Crippen molar-refractivity contribution in [2.24, 2.45) is 0 Å². The third kappa shape index (κ3) is 3.54. The summed E-state index contributed by atoms with van der Waals surface area (Å²) in [6.45, 7) is 0. The summed E-state index contributed by atoms with van der Waals surface area (Å²) in [4.78, 5) is 5.94. The van der Waals surface area contributed by atoms with Crippen LogP contribution in [-0.2, 0) is 0 Å². The first kappa shape index (κ1) is 12.5. The fourth-order valence-corrected chi connectivity index (χ4v) is 0.642. The molecule has 5 N–H and O–H groups in total. The maximum Gasteiger partial charge on any atom is 0.0391 e. The van der Waals surface area contributed by atoms with Crippen LogP contribution in [0.25, 0.3) is 0 Å². The molecular weight excluding hydrogens is 142 g/mol. The Bertz CT molecular complexity index is 176. The fourth-order valence-electron chi connectivity index (χ4n) is 0.642. The quantitative estimate of drug-likeness (QED) is 0.667. The van der Waals surface area contributed by atoms with Crippen LogP contribution in [0.1, 0.15) is 0 Å². The van der Waals surface area contributed by atoms with E-state index in [9.17, 15) is 0 Å². The second kappa shape index (κ2) is 5.64. The Kier molecular flexibility index (Phi) is 6.43. The summed E-state index contributed by atoms with van der Waals surface area (Å²) in [6.07, 6.45) is 3.57. The molecule has 0 fully saturated rings. The maximum atomic E-state index is 3.90. The largest absolute Gasteiger partial charge is 0.870 e. The molecule has 0 bridgehead atoms. The molecule has 4 nitrogen and oxygen atoms in total. The highest BCUT2D eigenvalue weighted by Gasteiger charge is 1.88. The van der Waals surface area contributed by atoms with Crippen LogP contribution < -0.4 is 11.1 Å². The SMILES string of the molecule is CN(C)c1ccncc1.[NH4+].[OH-]. The second-order valence-corrected chi connectivity index (χ2v) is 2.10. The van der Waals surface area contributed by atoms with Crippen LogP contribution in [0, 0.1) is 0 Å². The lowest BCUT2D eigenvalue weighted by atomic mass is 10.4. The molecule has 1 aromatic rings. The van der Waals surface area contributed by atoms with Gasteiger partial charge in [-0.1, -0.05) is 0 Å². The molecule has 0 radical (unpaired) electrons. The molecule has 1 heterocycles. The predicted molar refractivity (Wildman–Crippen MR) is 46.5 cm³/mol. The van der Waals surface area contributed by atoms with E-state index in [1.807, 2.05) is 31.1 Å². The molecule has 0 spiro atoms. The molecule has 0 amide bonds. The normalized spacial score (nSPS) is 7.45. The van der Waals surface area contributed by atoms with Crippen molar-refractivity contribution in [3.05, 3.63) is 24.5 Å². The van der Waals surface area contributed by atoms with Crippen LogP contribution in [0.2, 0.25) is 0 Å². The van der Waals surface area contributed by atoms with Crippen molar-refractivity contribution in [3.8, 4) is 0 Å². The van der Waals surface area contributed by atoms with Crippen molar-refractivity contribution in [3.63, 3.8) is 0 Å². The number of hydrogen-bond acceptors (Lipinski definition) is 3. The van der Waals surface area contributed by atoms with Gasteiger partial charge in [0.25, 0.3) is 0 Å². The lowest BCUT2D eigenvalue weighted by molar-refractivity contribution is 0.824. The lowest BCUT2D eigenvalue weighted by Crippen LogP contribution is -2.07. The first-order valence-electron chi connectivity index (χ1n) is 2.88. The van der Waals surface area contributed by atoms with Crippen molar-refractivity contribution in [2.75, 3.05) is 19.0 Å². The molecule has 4 heteroatoms. The van der Waals surface area contributed by atoms with E-state index < -0.39 is 0 Å². The summed E-state index contributed by atoms with van der Waals surface area (Å²) < 4.78 is 0. The predicted octanol–water partition coefficient (Wildman–Crippen LogP) is 1.35. The minimum Gasteiger partial charge on any atom is -0.870 e. The average Bonchev–Trinajstić information content (AvgIpc) is 1.90. The van der Waals surface area contributed by atoms with Gasteiger partial charge in [0.15, 0.2) is 0 Å². The van der Waals surface area contributed by atoms with Gasteiger partial charge in [-0.15, -0.1) is 0 Å². The summed E-state index contributed by atoms with van der Waals surface area (Å²) in [5.41, 5.74) is 1.19. The lowest BCUT2D eigenvalue weighted by Gasteiger charge is -2.10. The smallest absolute Gasteiger partial charge is 0.0391 e. The van der Waals surface area contributed by atoms with E-state index in [1.54, 1.807) is 12.4 Å². The third-order valence-electron chi connectivity index (χ3n) is 1.18. The van der Waals surface area contributed by atoms with Crippen molar-refractivity contribution in [1.29, 1.82) is 0 Å². The maximum absolute atomic E-state index is 3.90. The van der Waals surface area contributed by atoms with Crippen molar-refractivity contribution in [1.82, 2.24) is 11.1 Å². The highest BCUT2D eigenvalue weighted by Crippen LogP contribution is 2.05. The highest BCUT2D eigenvalue weighted by atomic mass is 16.0. The van der Waals surface area contributed by atoms with Crippen LogP contribution in [0.4, 0.5) is 5.69 Å². The summed E-state index contributed by atoms with van der Waals surface area (Å²) in [5.74, 6) is 0. The molecule has 64 valence electrons. The molecule has 0 aliphatic heterocycles. The van der Waals surface area contributed by atoms with Gasteiger partial charge >= 0.3 is 0 Å². The zero-order valence-electron chi connectivity index (χ0n) is 7.15. The Morgan fingerprint density at radius 1 is 1.18 bits per heavy atom. The van der Waals surface area contributed by atoms with Crippen molar-refractivity contribution in [2.45, 2.75) is 0 Å². The average molecular weight is 157 g/mol. The minimum absolute atomic E-state index is 0. The Hall–Kier alpha value is -1.13. The summed E-state index contributed by atoms with van der Waals surface area (Å²) in [6, 6.07) is 3.94. The van der Waals surface area contributed by atoms with E-state index in [-0.39, 0.29) is 11.6 Å². The van der Waals surface area contributed by atoms with Crippen LogP contribution in [0.15, 0.2) is 24.5 Å². The standard InChI is InChI=1S/C7H10N2.H3N.H2O/c1-9(2)7-3-5-8-6-4-7;;/h3-6H,1-2H3;1H3;1H2. The van der Waals surface area contributed by atoms with Gasteiger partial charge in [0.1, 0.15) is 0 Å². The van der Waals surface area contributed by atoms with Gasteiger partial charge in [-0.25, -0.2) is 0 Å². The molecule has 0 unspecified atom stereocenters. The van der Waals surface area contributed by atoms with Crippen molar-refractivity contribution < 1.29 is 5.48 Å². The molecule has 0 saturated heterocycles. The van der Waals surface area contributed by atoms with Gasteiger partial charge in [-0.2, -0.15) is 0 Å². The summed E-state index contributed by atoms with van der Waals surface area (Å²) in [7, 11) is 4.02. The first-order valence-corrected chi connectivity index (χ1v) is 2.88. The Labute approximate surface area is 66.8 Å². The van der Waals surface area contributed by atoms with Crippen molar-refractivity contribution >= 4 is 5.69 Å². The van der Waals surface area contributed by atoms with E-state index >= 15 is 0 Å². The number of anilines is 1. The number of nitrogens with zero attached hydrogens (tertiary/aromatic N) is 2. The van der Waals surface area contributed by atoms with E-state index in [1.165, 1.54) is 5.69 Å². The van der Waals surface area contributed by atoms with Crippen LogP contribution in [-0.4, -0.2) is 24.6 Å². The highest BCUT2D eigenvalue weighted by molar-refractivity contribution is 5.42. The van der Waals surface area contributed by atoms with Crippen LogP contribution in [0.3, 0.4) is 0 Å². The monoisotopic (exact) mass is 157 g/mol. The molecular formula is C7H15N3O. The minimum atomic E-state index is 0. The topological polar surface area (TPSA) is 82.6 Å². The third-order valence-corrected chi connectivity index (χ3v) is 1.18. The molecule has 0 saturated carbocycles. The molecule has 0 aliphatic rings. The summed E-state index contributed by atoms with van der Waals surface area (Å²) in [5, 5.41) is 0.